The molecule has 0 rings (SSSR count). The third-order valence-electron chi connectivity index (χ3n) is 1.29. The van der Waals surface area contributed by atoms with Gasteiger partial charge in [-0.1, -0.05) is 6.92 Å². The molecule has 0 amide bonds. The molecule has 0 aliphatic carbocycles. The highest BCUT2D eigenvalue weighted by atomic mass is 16.5. The Morgan fingerprint density at radius 3 is 2.64 bits per heavy atom. The van der Waals surface area contributed by atoms with E-state index in [4.69, 9.17) is 9.84 Å². The van der Waals surface area contributed by atoms with E-state index in [1.54, 1.807) is 6.92 Å². The van der Waals surface area contributed by atoms with Gasteiger partial charge in [0.05, 0.1) is 12.2 Å². The van der Waals surface area contributed by atoms with E-state index in [0.717, 1.165) is 12.5 Å². The smallest absolute Gasteiger partial charge is 0.331 e. The lowest BCUT2D eigenvalue weighted by molar-refractivity contribution is -0.131. The molecule has 0 saturated carbocycles. The van der Waals surface area contributed by atoms with Gasteiger partial charge in [0.25, 0.3) is 0 Å². The van der Waals surface area contributed by atoms with Crippen molar-refractivity contribution >= 4 is 5.97 Å². The van der Waals surface area contributed by atoms with Crippen molar-refractivity contribution in [3.8, 4) is 0 Å². The minimum atomic E-state index is -0.967. The molecule has 1 N–H and O–H groups in total. The minimum Gasteiger partial charge on any atom is -0.495 e. The van der Waals surface area contributed by atoms with E-state index in [2.05, 4.69) is 0 Å². The molecule has 0 heterocycles. The molecule has 0 aromatic heterocycles. The Kier molecular flexibility index (Phi) is 4.34. The molecule has 0 aliphatic heterocycles. The van der Waals surface area contributed by atoms with Crippen LogP contribution in [-0.4, -0.2) is 17.2 Å². The van der Waals surface area contributed by atoms with Gasteiger partial charge >= 0.3 is 5.97 Å². The summed E-state index contributed by atoms with van der Waals surface area (Å²) >= 11 is 0. The maximum absolute atomic E-state index is 10.1. The van der Waals surface area contributed by atoms with Crippen molar-refractivity contribution < 1.29 is 14.6 Å². The molecule has 0 spiro atoms. The van der Waals surface area contributed by atoms with Gasteiger partial charge in [-0.05, 0) is 20.3 Å². The van der Waals surface area contributed by atoms with Crippen LogP contribution in [0, 0.1) is 0 Å². The fraction of sp³-hybridized carbons (Fsp3) is 0.625. The van der Waals surface area contributed by atoms with Gasteiger partial charge < -0.3 is 9.84 Å². The van der Waals surface area contributed by atoms with E-state index >= 15 is 0 Å². The number of ether oxygens (including phenoxy) is 1. The third-order valence-corrected chi connectivity index (χ3v) is 1.29. The molecule has 11 heavy (non-hydrogen) atoms. The quantitative estimate of drug-likeness (QED) is 0.501. The normalized spacial score (nSPS) is 14.3. The molecule has 0 radical (unpaired) electrons. The van der Waals surface area contributed by atoms with Crippen LogP contribution in [0.5, 0.6) is 0 Å². The van der Waals surface area contributed by atoms with Crippen molar-refractivity contribution in [3.05, 3.63) is 11.8 Å². The Morgan fingerprint density at radius 1 is 1.73 bits per heavy atom. The van der Waals surface area contributed by atoms with Crippen molar-refractivity contribution in [3.63, 3.8) is 0 Å². The van der Waals surface area contributed by atoms with Crippen LogP contribution in [0.4, 0.5) is 0 Å². The zero-order valence-electron chi connectivity index (χ0n) is 7.13. The minimum absolute atomic E-state index is 0.0885. The first-order valence-corrected chi connectivity index (χ1v) is 3.64. The summed E-state index contributed by atoms with van der Waals surface area (Å²) < 4.78 is 5.19. The molecule has 0 saturated heterocycles. The van der Waals surface area contributed by atoms with Crippen LogP contribution in [-0.2, 0) is 9.53 Å². The summed E-state index contributed by atoms with van der Waals surface area (Å²) in [6.07, 6.45) is 2.03. The van der Waals surface area contributed by atoms with Crippen molar-refractivity contribution in [2.75, 3.05) is 0 Å². The van der Waals surface area contributed by atoms with E-state index in [9.17, 15) is 4.79 Å². The van der Waals surface area contributed by atoms with Crippen LogP contribution in [0.2, 0.25) is 0 Å². The van der Waals surface area contributed by atoms with E-state index in [1.807, 2.05) is 13.8 Å². The number of hydrogen-bond acceptors (Lipinski definition) is 2. The summed E-state index contributed by atoms with van der Waals surface area (Å²) in [7, 11) is 0. The summed E-state index contributed by atoms with van der Waals surface area (Å²) in [5.41, 5.74) is 0. The first-order valence-electron chi connectivity index (χ1n) is 3.64. The maximum atomic E-state index is 10.1. The van der Waals surface area contributed by atoms with E-state index < -0.39 is 5.97 Å². The summed E-state index contributed by atoms with van der Waals surface area (Å²) in [5.74, 6) is -0.516. The molecule has 3 nitrogen and oxygen atoms in total. The molecule has 0 aromatic carbocycles. The number of allylic oxidation sites excluding steroid dienone is 1. The van der Waals surface area contributed by atoms with Crippen molar-refractivity contribution in [2.24, 2.45) is 0 Å². The van der Waals surface area contributed by atoms with Crippen LogP contribution in [0.1, 0.15) is 27.2 Å². The Morgan fingerprint density at radius 2 is 2.27 bits per heavy atom. The predicted molar refractivity (Wildman–Crippen MR) is 42.2 cm³/mol. The number of carboxylic acids is 1. The average Bonchev–Trinajstić information content (AvgIpc) is 1.85. The zero-order valence-corrected chi connectivity index (χ0v) is 7.13. The second-order valence-corrected chi connectivity index (χ2v) is 2.43. The predicted octanol–water partition coefficient (Wildman–Crippen LogP) is 1.79. The number of hydrogen-bond donors (Lipinski definition) is 1. The number of rotatable bonds is 4. The van der Waals surface area contributed by atoms with Crippen LogP contribution in [0.15, 0.2) is 11.8 Å². The molecule has 1 unspecified atom stereocenters. The number of carboxylic acid groups (broad SMARTS) is 1. The SMILES string of the molecule is CCC(C)O/C(C)=C\C(=O)O. The number of aliphatic carboxylic acids is 1. The van der Waals surface area contributed by atoms with Crippen molar-refractivity contribution in [1.82, 2.24) is 0 Å². The molecular weight excluding hydrogens is 144 g/mol. The second-order valence-electron chi connectivity index (χ2n) is 2.43. The van der Waals surface area contributed by atoms with Gasteiger partial charge in [0.15, 0.2) is 0 Å². The molecule has 0 fully saturated rings. The molecule has 64 valence electrons. The molecule has 0 aromatic rings. The first kappa shape index (κ1) is 10.0. The molecule has 1 atom stereocenters. The van der Waals surface area contributed by atoms with Crippen LogP contribution < -0.4 is 0 Å². The van der Waals surface area contributed by atoms with E-state index in [1.165, 1.54) is 0 Å². The number of carbonyl (C=O) groups is 1. The van der Waals surface area contributed by atoms with Crippen LogP contribution in [0.3, 0.4) is 0 Å². The molecule has 0 aliphatic rings. The molecule has 3 heteroatoms. The topological polar surface area (TPSA) is 46.5 Å². The summed E-state index contributed by atoms with van der Waals surface area (Å²) in [6, 6.07) is 0. The van der Waals surface area contributed by atoms with Crippen molar-refractivity contribution in [2.45, 2.75) is 33.3 Å². The van der Waals surface area contributed by atoms with E-state index in [0.29, 0.717) is 5.76 Å². The average molecular weight is 158 g/mol. The molecular formula is C8H14O3. The Balaban J connectivity index is 3.85. The highest BCUT2D eigenvalue weighted by Gasteiger charge is 2.00. The van der Waals surface area contributed by atoms with Gasteiger partial charge in [0.1, 0.15) is 5.76 Å². The summed E-state index contributed by atoms with van der Waals surface area (Å²) in [5, 5.41) is 8.31. The highest BCUT2D eigenvalue weighted by molar-refractivity contribution is 5.80. The Bertz CT molecular complexity index is 161. The Hall–Kier alpha value is -0.990. The van der Waals surface area contributed by atoms with Gasteiger partial charge in [0, 0.05) is 0 Å². The summed E-state index contributed by atoms with van der Waals surface area (Å²) in [6.45, 7) is 5.53. The Labute approximate surface area is 66.7 Å². The summed E-state index contributed by atoms with van der Waals surface area (Å²) in [4.78, 5) is 10.1. The van der Waals surface area contributed by atoms with Crippen LogP contribution >= 0.6 is 0 Å². The van der Waals surface area contributed by atoms with E-state index in [-0.39, 0.29) is 6.10 Å². The van der Waals surface area contributed by atoms with Gasteiger partial charge in [-0.25, -0.2) is 4.79 Å². The fourth-order valence-corrected chi connectivity index (χ4v) is 0.609. The lowest BCUT2D eigenvalue weighted by Gasteiger charge is -2.11. The fourth-order valence-electron chi connectivity index (χ4n) is 0.609. The van der Waals surface area contributed by atoms with Gasteiger partial charge in [-0.15, -0.1) is 0 Å². The van der Waals surface area contributed by atoms with Gasteiger partial charge in [0.2, 0.25) is 0 Å². The molecule has 0 bridgehead atoms. The highest BCUT2D eigenvalue weighted by Crippen LogP contribution is 2.03. The first-order chi connectivity index (χ1) is 5.06. The van der Waals surface area contributed by atoms with Crippen molar-refractivity contribution in [1.29, 1.82) is 0 Å². The largest absolute Gasteiger partial charge is 0.495 e. The lowest BCUT2D eigenvalue weighted by Crippen LogP contribution is -2.05. The van der Waals surface area contributed by atoms with Crippen LogP contribution in [0.25, 0.3) is 0 Å². The maximum Gasteiger partial charge on any atom is 0.331 e. The zero-order chi connectivity index (χ0) is 8.85. The lowest BCUT2D eigenvalue weighted by atomic mass is 10.3. The monoisotopic (exact) mass is 158 g/mol. The van der Waals surface area contributed by atoms with Gasteiger partial charge in [-0.2, -0.15) is 0 Å². The third kappa shape index (κ3) is 5.45. The standard InChI is InChI=1S/C8H14O3/c1-4-6(2)11-7(3)5-8(9)10/h5-6H,4H2,1-3H3,(H,9,10)/b7-5-. The van der Waals surface area contributed by atoms with Gasteiger partial charge in [-0.3, -0.25) is 0 Å². The second kappa shape index (κ2) is 4.77.